The maximum atomic E-state index is 13.4. The average Bonchev–Trinajstić information content (AvgIpc) is 3.18. The second-order valence-corrected chi connectivity index (χ2v) is 8.22. The molecule has 7 nitrogen and oxygen atoms in total. The number of hydrogen-bond acceptors (Lipinski definition) is 5. The number of halogens is 1. The van der Waals surface area contributed by atoms with Gasteiger partial charge in [0.05, 0.1) is 17.5 Å². The molecule has 2 aliphatic rings. The van der Waals surface area contributed by atoms with Crippen LogP contribution >= 0.6 is 15.9 Å². The Labute approximate surface area is 175 Å². The summed E-state index contributed by atoms with van der Waals surface area (Å²) in [7, 11) is 0. The van der Waals surface area contributed by atoms with Gasteiger partial charge in [0.2, 0.25) is 11.8 Å². The minimum absolute atomic E-state index is 0.0524. The number of imide groups is 1. The van der Waals surface area contributed by atoms with Gasteiger partial charge in [0, 0.05) is 16.1 Å². The number of benzene rings is 2. The summed E-state index contributed by atoms with van der Waals surface area (Å²) in [6.07, 6.45) is 0.112. The van der Waals surface area contributed by atoms with Crippen LogP contribution in [0.4, 0.5) is 5.69 Å². The summed E-state index contributed by atoms with van der Waals surface area (Å²) in [6, 6.07) is 12.4. The number of aliphatic carboxylic acids is 1. The largest absolute Gasteiger partial charge is 0.508 e. The van der Waals surface area contributed by atoms with Crippen LogP contribution in [-0.2, 0) is 14.4 Å². The van der Waals surface area contributed by atoms with Crippen LogP contribution in [0, 0.1) is 11.8 Å². The van der Waals surface area contributed by atoms with Crippen molar-refractivity contribution in [3.05, 3.63) is 58.6 Å². The van der Waals surface area contributed by atoms with Gasteiger partial charge in [-0.25, -0.2) is 4.90 Å². The second kappa shape index (κ2) is 6.96. The minimum atomic E-state index is -1.60. The Kier molecular flexibility index (Phi) is 4.71. The fraction of sp³-hybridized carbons (Fsp3) is 0.286. The van der Waals surface area contributed by atoms with E-state index in [4.69, 9.17) is 0 Å². The summed E-state index contributed by atoms with van der Waals surface area (Å²) in [5.74, 6) is -4.27. The third-order valence-electron chi connectivity index (χ3n) is 5.95. The minimum Gasteiger partial charge on any atom is -0.508 e. The molecule has 0 aliphatic carbocycles. The predicted octanol–water partition coefficient (Wildman–Crippen LogP) is 2.84. The third kappa shape index (κ3) is 2.78. The molecule has 0 unspecified atom stereocenters. The van der Waals surface area contributed by atoms with Gasteiger partial charge in [0.1, 0.15) is 11.3 Å². The molecule has 2 amide bonds. The first-order valence-electron chi connectivity index (χ1n) is 9.24. The average molecular weight is 459 g/mol. The zero-order valence-electron chi connectivity index (χ0n) is 15.5. The molecule has 3 N–H and O–H groups in total. The van der Waals surface area contributed by atoms with Crippen molar-refractivity contribution in [2.75, 3.05) is 4.90 Å². The van der Waals surface area contributed by atoms with Crippen LogP contribution in [0.25, 0.3) is 0 Å². The molecule has 2 saturated heterocycles. The lowest BCUT2D eigenvalue weighted by atomic mass is 9.78. The van der Waals surface area contributed by atoms with Crippen molar-refractivity contribution in [2.24, 2.45) is 11.8 Å². The number of hydrogen-bond donors (Lipinski definition) is 3. The molecule has 2 fully saturated rings. The summed E-state index contributed by atoms with van der Waals surface area (Å²) >= 11 is 3.33. The Morgan fingerprint density at radius 1 is 1.14 bits per heavy atom. The van der Waals surface area contributed by atoms with Gasteiger partial charge in [0.25, 0.3) is 0 Å². The van der Waals surface area contributed by atoms with Gasteiger partial charge in [-0.2, -0.15) is 0 Å². The molecule has 0 saturated carbocycles. The van der Waals surface area contributed by atoms with Crippen LogP contribution in [0.5, 0.6) is 5.75 Å². The number of phenolic OH excluding ortho intramolecular Hbond substituents is 1. The lowest BCUT2D eigenvalue weighted by Crippen LogP contribution is -2.55. The molecule has 29 heavy (non-hydrogen) atoms. The molecule has 4 rings (SSSR count). The van der Waals surface area contributed by atoms with E-state index in [-0.39, 0.29) is 12.2 Å². The van der Waals surface area contributed by atoms with Gasteiger partial charge >= 0.3 is 5.97 Å². The Morgan fingerprint density at radius 2 is 1.79 bits per heavy atom. The first-order valence-corrected chi connectivity index (χ1v) is 10.0. The van der Waals surface area contributed by atoms with Crippen molar-refractivity contribution in [1.29, 1.82) is 0 Å². The molecule has 2 aromatic rings. The highest BCUT2D eigenvalue weighted by Crippen LogP contribution is 2.52. The summed E-state index contributed by atoms with van der Waals surface area (Å²) < 4.78 is 0.794. The molecule has 150 valence electrons. The number of phenols is 1. The van der Waals surface area contributed by atoms with E-state index in [1.54, 1.807) is 49.4 Å². The first-order chi connectivity index (χ1) is 13.8. The van der Waals surface area contributed by atoms with E-state index in [0.717, 1.165) is 9.37 Å². The van der Waals surface area contributed by atoms with Crippen LogP contribution in [0.2, 0.25) is 0 Å². The molecule has 4 atom stereocenters. The maximum absolute atomic E-state index is 13.4. The van der Waals surface area contributed by atoms with Crippen LogP contribution in [0.3, 0.4) is 0 Å². The van der Waals surface area contributed by atoms with Gasteiger partial charge in [-0.15, -0.1) is 0 Å². The molecular weight excluding hydrogens is 440 g/mol. The number of anilines is 1. The van der Waals surface area contributed by atoms with Gasteiger partial charge < -0.3 is 10.2 Å². The normalized spacial score (nSPS) is 28.6. The highest BCUT2D eigenvalue weighted by molar-refractivity contribution is 9.10. The van der Waals surface area contributed by atoms with Crippen LogP contribution in [0.1, 0.15) is 24.9 Å². The standard InChI is InChI=1S/C21H19BrN2O5/c1-2-21(20(28)29)16-15(17(23-21)13-5-3-4-6-14(13)25)18(26)24(19(16)27)12-9-7-11(22)8-10-12/h3-10,15-17,23,25H,2H2,1H3,(H,28,29)/t15-,16-,17+,21-/m0/s1. The molecule has 2 aliphatic heterocycles. The van der Waals surface area contributed by atoms with Gasteiger partial charge in [0.15, 0.2) is 0 Å². The van der Waals surface area contributed by atoms with Crippen molar-refractivity contribution < 1.29 is 24.6 Å². The maximum Gasteiger partial charge on any atom is 0.324 e. The molecule has 2 aromatic carbocycles. The number of nitrogens with zero attached hydrogens (tertiary/aromatic N) is 1. The van der Waals surface area contributed by atoms with E-state index in [0.29, 0.717) is 11.3 Å². The molecule has 8 heteroatoms. The Balaban J connectivity index is 1.86. The van der Waals surface area contributed by atoms with Crippen molar-refractivity contribution in [2.45, 2.75) is 24.9 Å². The number of fused-ring (bicyclic) bond motifs is 1. The number of amides is 2. The summed E-state index contributed by atoms with van der Waals surface area (Å²) in [5.41, 5.74) is -0.809. The quantitative estimate of drug-likeness (QED) is 0.608. The monoisotopic (exact) mass is 458 g/mol. The van der Waals surface area contributed by atoms with Gasteiger partial charge in [-0.1, -0.05) is 41.1 Å². The number of para-hydroxylation sites is 1. The number of rotatable bonds is 4. The smallest absolute Gasteiger partial charge is 0.324 e. The molecule has 0 bridgehead atoms. The predicted molar refractivity (Wildman–Crippen MR) is 108 cm³/mol. The number of nitrogens with one attached hydrogen (secondary N) is 1. The van der Waals surface area contributed by atoms with E-state index in [2.05, 4.69) is 21.2 Å². The van der Waals surface area contributed by atoms with Gasteiger partial charge in [-0.3, -0.25) is 19.7 Å². The highest BCUT2D eigenvalue weighted by atomic mass is 79.9. The van der Waals surface area contributed by atoms with E-state index in [9.17, 15) is 24.6 Å². The highest BCUT2D eigenvalue weighted by Gasteiger charge is 2.68. The van der Waals surface area contributed by atoms with Crippen LogP contribution in [0.15, 0.2) is 53.0 Å². The Bertz CT molecular complexity index is 1010. The van der Waals surface area contributed by atoms with Crippen molar-refractivity contribution in [3.8, 4) is 5.75 Å². The summed E-state index contributed by atoms with van der Waals surface area (Å²) in [6.45, 7) is 1.67. The summed E-state index contributed by atoms with van der Waals surface area (Å²) in [4.78, 5) is 40.1. The second-order valence-electron chi connectivity index (χ2n) is 7.30. The zero-order valence-corrected chi connectivity index (χ0v) is 17.1. The fourth-order valence-electron chi connectivity index (χ4n) is 4.54. The Hall–Kier alpha value is -2.71. The zero-order chi connectivity index (χ0) is 20.9. The van der Waals surface area contributed by atoms with E-state index in [1.807, 2.05) is 0 Å². The SMILES string of the molecule is CC[C@]1(C(=O)O)N[C@H](c2ccccc2O)[C@H]2C(=O)N(c3ccc(Br)cc3)C(=O)[C@H]21. The lowest BCUT2D eigenvalue weighted by Gasteiger charge is -2.30. The van der Waals surface area contributed by atoms with E-state index >= 15 is 0 Å². The fourth-order valence-corrected chi connectivity index (χ4v) is 4.80. The van der Waals surface area contributed by atoms with Crippen LogP contribution < -0.4 is 10.2 Å². The number of carbonyl (C=O) groups excluding carboxylic acids is 2. The molecule has 2 heterocycles. The molecular formula is C21H19BrN2O5. The number of carboxylic acids is 1. The van der Waals surface area contributed by atoms with Crippen molar-refractivity contribution in [3.63, 3.8) is 0 Å². The van der Waals surface area contributed by atoms with E-state index < -0.39 is 41.2 Å². The van der Waals surface area contributed by atoms with Gasteiger partial charge in [-0.05, 0) is 36.8 Å². The van der Waals surface area contributed by atoms with Crippen molar-refractivity contribution >= 4 is 39.4 Å². The molecule has 0 aromatic heterocycles. The van der Waals surface area contributed by atoms with Crippen molar-refractivity contribution in [1.82, 2.24) is 5.32 Å². The molecule has 0 spiro atoms. The summed E-state index contributed by atoms with van der Waals surface area (Å²) in [5, 5.41) is 23.4. The number of carboxylic acid groups (broad SMARTS) is 1. The Morgan fingerprint density at radius 3 is 2.38 bits per heavy atom. The van der Waals surface area contributed by atoms with Crippen LogP contribution in [-0.4, -0.2) is 33.5 Å². The number of aromatic hydroxyl groups is 1. The molecule has 0 radical (unpaired) electrons. The third-order valence-corrected chi connectivity index (χ3v) is 6.48. The lowest BCUT2D eigenvalue weighted by molar-refractivity contribution is -0.149. The first kappa shape index (κ1) is 19.6. The van der Waals surface area contributed by atoms with E-state index in [1.165, 1.54) is 6.07 Å². The number of carbonyl (C=O) groups is 3. The topological polar surface area (TPSA) is 107 Å².